The van der Waals surface area contributed by atoms with Gasteiger partial charge in [0.1, 0.15) is 12.3 Å². The summed E-state index contributed by atoms with van der Waals surface area (Å²) in [6, 6.07) is 8.28. The molecule has 136 valence electrons. The second-order valence-corrected chi connectivity index (χ2v) is 6.60. The number of rotatable bonds is 5. The van der Waals surface area contributed by atoms with Gasteiger partial charge in [-0.25, -0.2) is 0 Å². The van der Waals surface area contributed by atoms with Crippen LogP contribution < -0.4 is 10.9 Å². The second kappa shape index (κ2) is 7.00. The third-order valence-electron chi connectivity index (χ3n) is 3.61. The number of hydrogen-bond donors (Lipinski definition) is 1. The van der Waals surface area contributed by atoms with E-state index in [0.29, 0.717) is 23.0 Å². The summed E-state index contributed by atoms with van der Waals surface area (Å²) in [5.74, 6) is 1.19. The van der Waals surface area contributed by atoms with E-state index in [2.05, 4.69) is 20.6 Å². The van der Waals surface area contributed by atoms with Crippen LogP contribution in [-0.4, -0.2) is 25.8 Å². The summed E-state index contributed by atoms with van der Waals surface area (Å²) in [6.45, 7) is 1.52. The predicted molar refractivity (Wildman–Crippen MR) is 97.2 cm³/mol. The highest BCUT2D eigenvalue weighted by Crippen LogP contribution is 2.24. The second-order valence-electron chi connectivity index (χ2n) is 5.66. The van der Waals surface area contributed by atoms with Gasteiger partial charge < -0.3 is 18.9 Å². The molecule has 0 unspecified atom stereocenters. The van der Waals surface area contributed by atoms with Crippen LogP contribution in [0.25, 0.3) is 22.2 Å². The Kier molecular flexibility index (Phi) is 4.38. The zero-order valence-corrected chi connectivity index (χ0v) is 14.9. The van der Waals surface area contributed by atoms with Crippen LogP contribution in [-0.2, 0) is 11.3 Å². The van der Waals surface area contributed by atoms with E-state index in [0.717, 1.165) is 4.88 Å². The van der Waals surface area contributed by atoms with Crippen LogP contribution >= 0.6 is 11.3 Å². The van der Waals surface area contributed by atoms with E-state index in [4.69, 9.17) is 9.05 Å². The molecule has 4 rings (SSSR count). The Labute approximate surface area is 156 Å². The van der Waals surface area contributed by atoms with Gasteiger partial charge in [0, 0.05) is 18.3 Å². The summed E-state index contributed by atoms with van der Waals surface area (Å²) in [7, 11) is 0. The van der Waals surface area contributed by atoms with Gasteiger partial charge in [0.05, 0.1) is 10.4 Å². The Morgan fingerprint density at radius 3 is 2.89 bits per heavy atom. The van der Waals surface area contributed by atoms with Crippen LogP contribution in [0.5, 0.6) is 0 Å². The molecule has 0 aliphatic carbocycles. The van der Waals surface area contributed by atoms with Gasteiger partial charge in [-0.05, 0) is 24.4 Å². The molecule has 0 spiro atoms. The number of pyridine rings is 1. The highest BCUT2D eigenvalue weighted by atomic mass is 32.1. The molecule has 4 aromatic rings. The molecule has 0 radical (unpaired) electrons. The molecule has 1 amide bonds. The topological polar surface area (TPSA) is 116 Å². The van der Waals surface area contributed by atoms with Crippen molar-refractivity contribution in [1.82, 2.24) is 19.9 Å². The molecular weight excluding hydrogens is 370 g/mol. The number of aryl methyl sites for hydroxylation is 1. The molecule has 0 bridgehead atoms. The van der Waals surface area contributed by atoms with Gasteiger partial charge in [0.25, 0.3) is 11.4 Å². The summed E-state index contributed by atoms with van der Waals surface area (Å²) < 4.78 is 11.4. The zero-order chi connectivity index (χ0) is 18.8. The van der Waals surface area contributed by atoms with Crippen LogP contribution in [0.15, 0.2) is 55.7 Å². The van der Waals surface area contributed by atoms with Crippen molar-refractivity contribution in [3.05, 3.63) is 58.0 Å². The number of thiophene rings is 1. The number of carbonyl (C=O) groups excluding carboxylic acids is 1. The maximum absolute atomic E-state index is 12.1. The van der Waals surface area contributed by atoms with Gasteiger partial charge in [-0.2, -0.15) is 4.98 Å². The SMILES string of the molecule is Cc1cc(NC(=O)Cn2cc(-c3nc(-c4cccs4)no3)ccc2=O)no1. The largest absolute Gasteiger partial charge is 0.360 e. The Morgan fingerprint density at radius 2 is 2.15 bits per heavy atom. The lowest BCUT2D eigenvalue weighted by atomic mass is 10.3. The number of aromatic nitrogens is 4. The van der Waals surface area contributed by atoms with Crippen molar-refractivity contribution in [2.45, 2.75) is 13.5 Å². The first-order valence-electron chi connectivity index (χ1n) is 7.90. The van der Waals surface area contributed by atoms with Crippen molar-refractivity contribution in [3.8, 4) is 22.2 Å². The van der Waals surface area contributed by atoms with Crippen LogP contribution in [0, 0.1) is 6.92 Å². The molecule has 0 saturated carbocycles. The molecular formula is C17H13N5O4S. The molecule has 4 heterocycles. The first kappa shape index (κ1) is 16.9. The average Bonchev–Trinajstić information content (AvgIpc) is 3.38. The third-order valence-corrected chi connectivity index (χ3v) is 4.47. The van der Waals surface area contributed by atoms with E-state index < -0.39 is 5.91 Å². The summed E-state index contributed by atoms with van der Waals surface area (Å²) in [6.07, 6.45) is 1.50. The fraction of sp³-hybridized carbons (Fsp3) is 0.118. The van der Waals surface area contributed by atoms with Crippen LogP contribution in [0.4, 0.5) is 5.82 Å². The van der Waals surface area contributed by atoms with Crippen LogP contribution in [0.1, 0.15) is 5.76 Å². The lowest BCUT2D eigenvalue weighted by Gasteiger charge is -2.06. The third kappa shape index (κ3) is 3.70. The lowest BCUT2D eigenvalue weighted by molar-refractivity contribution is -0.116. The zero-order valence-electron chi connectivity index (χ0n) is 14.1. The van der Waals surface area contributed by atoms with E-state index in [-0.39, 0.29) is 18.0 Å². The van der Waals surface area contributed by atoms with Crippen molar-refractivity contribution in [3.63, 3.8) is 0 Å². The molecule has 10 heteroatoms. The van der Waals surface area contributed by atoms with Crippen molar-refractivity contribution in [2.24, 2.45) is 0 Å². The molecule has 1 N–H and O–H groups in total. The highest BCUT2D eigenvalue weighted by Gasteiger charge is 2.14. The Morgan fingerprint density at radius 1 is 1.26 bits per heavy atom. The maximum Gasteiger partial charge on any atom is 0.259 e. The Bertz CT molecular complexity index is 1140. The molecule has 0 aromatic carbocycles. The van der Waals surface area contributed by atoms with Gasteiger partial charge in [0.15, 0.2) is 5.82 Å². The lowest BCUT2D eigenvalue weighted by Crippen LogP contribution is -2.26. The Balaban J connectivity index is 1.54. The van der Waals surface area contributed by atoms with Crippen molar-refractivity contribution in [1.29, 1.82) is 0 Å². The molecule has 0 aliphatic heterocycles. The molecule has 0 aliphatic rings. The molecule has 0 fully saturated rings. The first-order valence-corrected chi connectivity index (χ1v) is 8.78. The quantitative estimate of drug-likeness (QED) is 0.563. The number of anilines is 1. The number of hydrogen-bond acceptors (Lipinski definition) is 8. The first-order chi connectivity index (χ1) is 13.1. The number of amides is 1. The van der Waals surface area contributed by atoms with Crippen LogP contribution in [0.3, 0.4) is 0 Å². The molecule has 4 aromatic heterocycles. The number of nitrogens with zero attached hydrogens (tertiary/aromatic N) is 4. The summed E-state index contributed by atoms with van der Waals surface area (Å²) in [4.78, 5) is 29.4. The molecule has 9 nitrogen and oxygen atoms in total. The predicted octanol–water partition coefficient (Wildman–Crippen LogP) is 2.56. The van der Waals surface area contributed by atoms with Gasteiger partial charge in [0.2, 0.25) is 11.7 Å². The minimum Gasteiger partial charge on any atom is -0.360 e. The van der Waals surface area contributed by atoms with Crippen molar-refractivity contribution < 1.29 is 13.8 Å². The highest BCUT2D eigenvalue weighted by molar-refractivity contribution is 7.13. The van der Waals surface area contributed by atoms with Crippen molar-refractivity contribution in [2.75, 3.05) is 5.32 Å². The maximum atomic E-state index is 12.1. The van der Waals surface area contributed by atoms with Gasteiger partial charge >= 0.3 is 0 Å². The number of carbonyl (C=O) groups is 1. The van der Waals surface area contributed by atoms with Gasteiger partial charge in [-0.1, -0.05) is 16.4 Å². The molecule has 27 heavy (non-hydrogen) atoms. The van der Waals surface area contributed by atoms with Gasteiger partial charge in [-0.3, -0.25) is 9.59 Å². The molecule has 0 saturated heterocycles. The van der Waals surface area contributed by atoms with E-state index in [1.165, 1.54) is 28.2 Å². The smallest absolute Gasteiger partial charge is 0.259 e. The van der Waals surface area contributed by atoms with Crippen LogP contribution in [0.2, 0.25) is 0 Å². The standard InChI is InChI=1S/C17H13N5O4S/c1-10-7-13(20-25-10)18-14(23)9-22-8-11(4-5-15(22)24)17-19-16(21-26-17)12-3-2-6-27-12/h2-8H,9H2,1H3,(H,18,20,23). The minimum atomic E-state index is -0.410. The number of nitrogens with one attached hydrogen (secondary N) is 1. The van der Waals surface area contributed by atoms with Crippen molar-refractivity contribution >= 4 is 23.1 Å². The summed E-state index contributed by atoms with van der Waals surface area (Å²) >= 11 is 1.49. The summed E-state index contributed by atoms with van der Waals surface area (Å²) in [5.41, 5.74) is 0.207. The van der Waals surface area contributed by atoms with E-state index >= 15 is 0 Å². The fourth-order valence-electron chi connectivity index (χ4n) is 2.39. The monoisotopic (exact) mass is 383 g/mol. The normalized spacial score (nSPS) is 10.9. The van der Waals surface area contributed by atoms with E-state index in [1.807, 2.05) is 17.5 Å². The minimum absolute atomic E-state index is 0.190. The van der Waals surface area contributed by atoms with Gasteiger partial charge in [-0.15, -0.1) is 11.3 Å². The summed E-state index contributed by atoms with van der Waals surface area (Å²) in [5, 5.41) is 12.1. The fourth-order valence-corrected chi connectivity index (χ4v) is 3.04. The Hall–Kier alpha value is -3.53. The molecule has 0 atom stereocenters. The van der Waals surface area contributed by atoms with E-state index in [9.17, 15) is 9.59 Å². The van der Waals surface area contributed by atoms with E-state index in [1.54, 1.807) is 19.1 Å². The average molecular weight is 383 g/mol.